The minimum atomic E-state index is -1.01. The molecule has 3 aromatic rings. The van der Waals surface area contributed by atoms with E-state index in [9.17, 15) is 14.4 Å². The van der Waals surface area contributed by atoms with E-state index in [0.717, 1.165) is 27.8 Å². The standard InChI is InChI=1S/C28H28N2O5/c1-18(15-26(31)32)29-27(33)25(16-19-9-3-2-4-10-19)30-28(34)35-17-24-22-13-7-5-11-20(22)21-12-6-8-14-23(21)24/h2-14,18,24-25H,15-17H2,1H3,(H,29,33)(H,30,34)(H,31,32)/t18?,25-/m1/s1. The second-order valence-electron chi connectivity index (χ2n) is 8.72. The quantitative estimate of drug-likeness (QED) is 0.435. The van der Waals surface area contributed by atoms with Crippen LogP contribution in [0.15, 0.2) is 78.9 Å². The number of rotatable bonds is 9. The average molecular weight is 473 g/mol. The maximum atomic E-state index is 12.9. The lowest BCUT2D eigenvalue weighted by atomic mass is 9.98. The number of carboxylic acid groups (broad SMARTS) is 1. The van der Waals surface area contributed by atoms with Crippen LogP contribution in [-0.4, -0.2) is 41.8 Å². The number of aliphatic carboxylic acids is 1. The van der Waals surface area contributed by atoms with Crippen molar-refractivity contribution in [3.05, 3.63) is 95.6 Å². The number of nitrogens with one attached hydrogen (secondary N) is 2. The van der Waals surface area contributed by atoms with Crippen molar-refractivity contribution in [2.24, 2.45) is 0 Å². The molecule has 1 aliphatic carbocycles. The van der Waals surface area contributed by atoms with Crippen LogP contribution in [0, 0.1) is 0 Å². The maximum absolute atomic E-state index is 12.9. The Bertz CT molecular complexity index is 1170. The summed E-state index contributed by atoms with van der Waals surface area (Å²) in [6.45, 7) is 1.74. The first-order valence-electron chi connectivity index (χ1n) is 11.6. The minimum absolute atomic E-state index is 0.0925. The third-order valence-electron chi connectivity index (χ3n) is 6.10. The first-order valence-corrected chi connectivity index (χ1v) is 11.6. The molecule has 3 N–H and O–H groups in total. The topological polar surface area (TPSA) is 105 Å². The van der Waals surface area contributed by atoms with Crippen LogP contribution < -0.4 is 10.6 Å². The van der Waals surface area contributed by atoms with E-state index in [0.29, 0.717) is 0 Å². The largest absolute Gasteiger partial charge is 0.481 e. The molecule has 0 spiro atoms. The Labute approximate surface area is 204 Å². The first kappa shape index (κ1) is 24.0. The van der Waals surface area contributed by atoms with Gasteiger partial charge in [-0.3, -0.25) is 9.59 Å². The summed E-state index contributed by atoms with van der Waals surface area (Å²) in [5, 5.41) is 14.3. The van der Waals surface area contributed by atoms with Crippen molar-refractivity contribution in [3.63, 3.8) is 0 Å². The molecule has 0 aromatic heterocycles. The van der Waals surface area contributed by atoms with Crippen LogP contribution in [0.1, 0.15) is 36.0 Å². The Hall–Kier alpha value is -4.13. The number of carbonyl (C=O) groups is 3. The van der Waals surface area contributed by atoms with E-state index in [1.54, 1.807) is 6.92 Å². The molecule has 7 nitrogen and oxygen atoms in total. The molecule has 0 fully saturated rings. The number of carboxylic acids is 1. The zero-order valence-corrected chi connectivity index (χ0v) is 19.4. The summed E-state index contributed by atoms with van der Waals surface area (Å²) < 4.78 is 5.60. The van der Waals surface area contributed by atoms with Crippen molar-refractivity contribution in [1.29, 1.82) is 0 Å². The number of carbonyl (C=O) groups excluding carboxylic acids is 2. The molecule has 35 heavy (non-hydrogen) atoms. The fraction of sp³-hybridized carbons (Fsp3) is 0.250. The van der Waals surface area contributed by atoms with Gasteiger partial charge in [-0.1, -0.05) is 78.9 Å². The molecule has 0 bridgehead atoms. The molecule has 2 amide bonds. The van der Waals surface area contributed by atoms with Crippen molar-refractivity contribution in [3.8, 4) is 11.1 Å². The van der Waals surface area contributed by atoms with Crippen molar-refractivity contribution in [2.75, 3.05) is 6.61 Å². The summed E-state index contributed by atoms with van der Waals surface area (Å²) in [6.07, 6.45) is -0.667. The number of benzene rings is 3. The van der Waals surface area contributed by atoms with Gasteiger partial charge in [-0.2, -0.15) is 0 Å². The Morgan fingerprint density at radius 2 is 1.43 bits per heavy atom. The number of hydrogen-bond acceptors (Lipinski definition) is 4. The molecule has 180 valence electrons. The molecule has 7 heteroatoms. The van der Waals surface area contributed by atoms with Crippen LogP contribution in [0.3, 0.4) is 0 Å². The van der Waals surface area contributed by atoms with Gasteiger partial charge in [0.05, 0.1) is 6.42 Å². The fourth-order valence-corrected chi connectivity index (χ4v) is 4.50. The molecule has 0 radical (unpaired) electrons. The third kappa shape index (κ3) is 5.87. The zero-order valence-electron chi connectivity index (χ0n) is 19.4. The molecule has 1 unspecified atom stereocenters. The van der Waals surface area contributed by atoms with E-state index < -0.39 is 30.1 Å². The van der Waals surface area contributed by atoms with Gasteiger partial charge in [0.1, 0.15) is 12.6 Å². The van der Waals surface area contributed by atoms with E-state index >= 15 is 0 Å². The summed E-state index contributed by atoms with van der Waals surface area (Å²) in [4.78, 5) is 36.6. The van der Waals surface area contributed by atoms with E-state index in [1.807, 2.05) is 66.7 Å². The summed E-state index contributed by atoms with van der Waals surface area (Å²) in [7, 11) is 0. The first-order chi connectivity index (χ1) is 16.9. The lowest BCUT2D eigenvalue weighted by molar-refractivity contribution is -0.137. The smallest absolute Gasteiger partial charge is 0.407 e. The minimum Gasteiger partial charge on any atom is -0.481 e. The van der Waals surface area contributed by atoms with E-state index in [1.165, 1.54) is 0 Å². The Morgan fingerprint density at radius 1 is 0.857 bits per heavy atom. The molecular formula is C28H28N2O5. The van der Waals surface area contributed by atoms with Gasteiger partial charge in [0.2, 0.25) is 5.91 Å². The molecular weight excluding hydrogens is 444 g/mol. The van der Waals surface area contributed by atoms with Crippen LogP contribution >= 0.6 is 0 Å². The Morgan fingerprint density at radius 3 is 2.03 bits per heavy atom. The highest BCUT2D eigenvalue weighted by Gasteiger charge is 2.30. The highest BCUT2D eigenvalue weighted by molar-refractivity contribution is 5.86. The van der Waals surface area contributed by atoms with E-state index in [4.69, 9.17) is 9.84 Å². The monoisotopic (exact) mass is 472 g/mol. The lowest BCUT2D eigenvalue weighted by Gasteiger charge is -2.21. The zero-order chi connectivity index (χ0) is 24.8. The van der Waals surface area contributed by atoms with Gasteiger partial charge in [0.25, 0.3) is 0 Å². The Balaban J connectivity index is 1.44. The molecule has 3 aromatic carbocycles. The lowest BCUT2D eigenvalue weighted by Crippen LogP contribution is -2.50. The number of hydrogen-bond donors (Lipinski definition) is 3. The van der Waals surface area contributed by atoms with Crippen molar-refractivity contribution in [2.45, 2.75) is 37.8 Å². The summed E-state index contributed by atoms with van der Waals surface area (Å²) in [5.74, 6) is -1.57. The third-order valence-corrected chi connectivity index (χ3v) is 6.10. The molecule has 0 aliphatic heterocycles. The summed E-state index contributed by atoms with van der Waals surface area (Å²) >= 11 is 0. The second-order valence-corrected chi connectivity index (χ2v) is 8.72. The Kier molecular flexibility index (Phi) is 7.45. The average Bonchev–Trinajstić information content (AvgIpc) is 3.16. The molecule has 4 rings (SSSR count). The van der Waals surface area contributed by atoms with Crippen LogP contribution in [0.2, 0.25) is 0 Å². The van der Waals surface area contributed by atoms with Gasteiger partial charge >= 0.3 is 12.1 Å². The number of alkyl carbamates (subject to hydrolysis) is 1. The molecule has 0 saturated carbocycles. The van der Waals surface area contributed by atoms with Crippen molar-refractivity contribution in [1.82, 2.24) is 10.6 Å². The molecule has 1 aliphatic rings. The van der Waals surface area contributed by atoms with Gasteiger partial charge in [-0.25, -0.2) is 4.79 Å². The van der Waals surface area contributed by atoms with Crippen molar-refractivity contribution >= 4 is 18.0 Å². The second kappa shape index (κ2) is 10.9. The van der Waals surface area contributed by atoms with Crippen LogP contribution in [0.4, 0.5) is 4.79 Å². The van der Waals surface area contributed by atoms with Gasteiger partial charge in [0, 0.05) is 18.4 Å². The number of amides is 2. The highest BCUT2D eigenvalue weighted by Crippen LogP contribution is 2.44. The molecule has 2 atom stereocenters. The summed E-state index contributed by atoms with van der Waals surface area (Å²) in [5.41, 5.74) is 5.32. The van der Waals surface area contributed by atoms with Crippen LogP contribution in [-0.2, 0) is 20.7 Å². The van der Waals surface area contributed by atoms with E-state index in [2.05, 4.69) is 22.8 Å². The number of ether oxygens (including phenoxy) is 1. The SMILES string of the molecule is CC(CC(=O)O)NC(=O)[C@@H](Cc1ccccc1)NC(=O)OCC1c2ccccc2-c2ccccc21. The normalized spacial score (nSPS) is 13.7. The number of fused-ring (bicyclic) bond motifs is 3. The summed E-state index contributed by atoms with van der Waals surface area (Å²) in [6, 6.07) is 23.9. The van der Waals surface area contributed by atoms with Gasteiger partial charge < -0.3 is 20.5 Å². The molecule has 0 saturated heterocycles. The fourth-order valence-electron chi connectivity index (χ4n) is 4.50. The van der Waals surface area contributed by atoms with Crippen LogP contribution in [0.5, 0.6) is 0 Å². The van der Waals surface area contributed by atoms with Gasteiger partial charge in [-0.05, 0) is 34.7 Å². The predicted molar refractivity (Wildman–Crippen MR) is 132 cm³/mol. The predicted octanol–water partition coefficient (Wildman–Crippen LogP) is 4.12. The highest BCUT2D eigenvalue weighted by atomic mass is 16.5. The maximum Gasteiger partial charge on any atom is 0.407 e. The van der Waals surface area contributed by atoms with Crippen LogP contribution in [0.25, 0.3) is 11.1 Å². The van der Waals surface area contributed by atoms with Gasteiger partial charge in [0.15, 0.2) is 0 Å². The molecule has 0 heterocycles. The van der Waals surface area contributed by atoms with E-state index in [-0.39, 0.29) is 25.4 Å². The van der Waals surface area contributed by atoms with Gasteiger partial charge in [-0.15, -0.1) is 0 Å². The van der Waals surface area contributed by atoms with Crippen molar-refractivity contribution < 1.29 is 24.2 Å².